The van der Waals surface area contributed by atoms with Gasteiger partial charge in [-0.15, -0.1) is 11.3 Å². The highest BCUT2D eigenvalue weighted by Crippen LogP contribution is 2.21. The molecule has 0 aliphatic heterocycles. The molecule has 29 heavy (non-hydrogen) atoms. The molecule has 0 spiro atoms. The first kappa shape index (κ1) is 19.0. The number of carbonyl (C=O) groups is 1. The Hall–Kier alpha value is -3.32. The van der Waals surface area contributed by atoms with Gasteiger partial charge in [0.2, 0.25) is 5.91 Å². The van der Waals surface area contributed by atoms with Gasteiger partial charge in [-0.1, -0.05) is 42.5 Å². The van der Waals surface area contributed by atoms with Gasteiger partial charge < -0.3 is 5.32 Å². The number of carbonyl (C=O) groups excluding carboxylic acids is 1. The van der Waals surface area contributed by atoms with Crippen molar-refractivity contribution in [1.82, 2.24) is 19.9 Å². The molecule has 1 amide bonds. The van der Waals surface area contributed by atoms with E-state index in [1.54, 1.807) is 36.5 Å². The largest absolute Gasteiger partial charge is 0.354 e. The highest BCUT2D eigenvalue weighted by molar-refractivity contribution is 7.09. The number of aromatic nitrogens is 3. The minimum Gasteiger partial charge on any atom is -0.354 e. The first-order chi connectivity index (χ1) is 14.1. The van der Waals surface area contributed by atoms with E-state index in [2.05, 4.69) is 15.3 Å². The average Bonchev–Trinajstić information content (AvgIpc) is 3.23. The van der Waals surface area contributed by atoms with Crippen molar-refractivity contribution in [3.63, 3.8) is 0 Å². The van der Waals surface area contributed by atoms with Crippen molar-refractivity contribution in [2.24, 2.45) is 0 Å². The molecule has 4 aromatic rings. The van der Waals surface area contributed by atoms with Crippen molar-refractivity contribution < 1.29 is 4.79 Å². The summed E-state index contributed by atoms with van der Waals surface area (Å²) >= 11 is 1.58. The van der Waals surface area contributed by atoms with E-state index in [4.69, 9.17) is 0 Å². The van der Waals surface area contributed by atoms with Gasteiger partial charge in [-0.25, -0.2) is 9.97 Å². The third-order valence-electron chi connectivity index (χ3n) is 4.75. The van der Waals surface area contributed by atoms with E-state index in [-0.39, 0.29) is 11.5 Å². The Balaban J connectivity index is 1.38. The topological polar surface area (TPSA) is 76.9 Å². The molecular formula is C22H20N4O2S. The molecule has 4 rings (SSSR count). The zero-order valence-corrected chi connectivity index (χ0v) is 16.7. The number of hydrogen-bond acceptors (Lipinski definition) is 5. The van der Waals surface area contributed by atoms with Crippen molar-refractivity contribution in [2.45, 2.75) is 19.4 Å². The maximum atomic E-state index is 12.6. The summed E-state index contributed by atoms with van der Waals surface area (Å²) in [6.07, 6.45) is 2.07. The summed E-state index contributed by atoms with van der Waals surface area (Å²) in [5.41, 5.74) is 2.43. The minimum absolute atomic E-state index is 0.217. The quantitative estimate of drug-likeness (QED) is 0.534. The van der Waals surface area contributed by atoms with Crippen molar-refractivity contribution in [2.75, 3.05) is 6.54 Å². The smallest absolute Gasteiger partial charge is 0.261 e. The summed E-state index contributed by atoms with van der Waals surface area (Å²) in [7, 11) is 0. The van der Waals surface area contributed by atoms with Crippen molar-refractivity contribution in [3.8, 4) is 11.3 Å². The molecule has 146 valence electrons. The molecule has 0 bridgehead atoms. The SMILES string of the molecule is C[C@H](C(=O)NCCc1nc(-c2ccccc2)cs1)n1cnc2ccccc2c1=O. The molecule has 0 aliphatic rings. The van der Waals surface area contributed by atoms with Crippen molar-refractivity contribution >= 4 is 28.1 Å². The fourth-order valence-corrected chi connectivity index (χ4v) is 3.90. The van der Waals surface area contributed by atoms with Crippen LogP contribution in [0.1, 0.15) is 18.0 Å². The first-order valence-electron chi connectivity index (χ1n) is 9.37. The van der Waals surface area contributed by atoms with E-state index in [0.29, 0.717) is 23.9 Å². The number of hydrogen-bond donors (Lipinski definition) is 1. The maximum absolute atomic E-state index is 12.6. The van der Waals surface area contributed by atoms with Crippen molar-refractivity contribution in [3.05, 3.63) is 81.7 Å². The minimum atomic E-state index is -0.643. The molecule has 1 atom stereocenters. The van der Waals surface area contributed by atoms with Crippen LogP contribution in [0.3, 0.4) is 0 Å². The number of nitrogens with one attached hydrogen (secondary N) is 1. The Labute approximate surface area is 171 Å². The second kappa shape index (κ2) is 8.36. The van der Waals surface area contributed by atoms with Gasteiger partial charge in [0.05, 0.1) is 27.9 Å². The molecule has 0 saturated carbocycles. The lowest BCUT2D eigenvalue weighted by atomic mass is 10.2. The van der Waals surface area contributed by atoms with Gasteiger partial charge in [0.25, 0.3) is 5.56 Å². The highest BCUT2D eigenvalue weighted by Gasteiger charge is 2.17. The Morgan fingerprint density at radius 2 is 1.90 bits per heavy atom. The van der Waals surface area contributed by atoms with E-state index < -0.39 is 6.04 Å². The summed E-state index contributed by atoms with van der Waals surface area (Å²) in [6.45, 7) is 2.16. The predicted octanol–water partition coefficient (Wildman–Crippen LogP) is 3.44. The van der Waals surface area contributed by atoms with Crippen LogP contribution in [-0.2, 0) is 11.2 Å². The van der Waals surface area contributed by atoms with E-state index in [1.165, 1.54) is 10.9 Å². The number of amides is 1. The highest BCUT2D eigenvalue weighted by atomic mass is 32.1. The molecule has 2 aromatic carbocycles. The van der Waals surface area contributed by atoms with Crippen LogP contribution < -0.4 is 10.9 Å². The summed E-state index contributed by atoms with van der Waals surface area (Å²) < 4.78 is 1.37. The molecule has 0 fully saturated rings. The fraction of sp³-hybridized carbons (Fsp3) is 0.182. The van der Waals surface area contributed by atoms with Crippen LogP contribution in [0.5, 0.6) is 0 Å². The lowest BCUT2D eigenvalue weighted by Gasteiger charge is -2.15. The van der Waals surface area contributed by atoms with Crippen LogP contribution in [0.15, 0.2) is 71.1 Å². The second-order valence-corrected chi connectivity index (χ2v) is 7.63. The third-order valence-corrected chi connectivity index (χ3v) is 5.65. The predicted molar refractivity (Wildman–Crippen MR) is 115 cm³/mol. The average molecular weight is 404 g/mol. The zero-order chi connectivity index (χ0) is 20.2. The van der Waals surface area contributed by atoms with Crippen LogP contribution in [-0.4, -0.2) is 27.0 Å². The van der Waals surface area contributed by atoms with Crippen molar-refractivity contribution in [1.29, 1.82) is 0 Å². The molecular weight excluding hydrogens is 384 g/mol. The van der Waals surface area contributed by atoms with E-state index in [9.17, 15) is 9.59 Å². The number of nitrogens with zero attached hydrogens (tertiary/aromatic N) is 3. The van der Waals surface area contributed by atoms with Gasteiger partial charge in [0.15, 0.2) is 0 Å². The van der Waals surface area contributed by atoms with Gasteiger partial charge >= 0.3 is 0 Å². The van der Waals surface area contributed by atoms with Crippen LogP contribution in [0, 0.1) is 0 Å². The Kier molecular flexibility index (Phi) is 5.48. The number of rotatable bonds is 6. The maximum Gasteiger partial charge on any atom is 0.261 e. The second-order valence-electron chi connectivity index (χ2n) is 6.68. The van der Waals surface area contributed by atoms with Gasteiger partial charge in [-0.2, -0.15) is 0 Å². The Bertz CT molecular complexity index is 1200. The van der Waals surface area contributed by atoms with Crippen LogP contribution in [0.25, 0.3) is 22.2 Å². The molecule has 6 nitrogen and oxygen atoms in total. The van der Waals surface area contributed by atoms with Gasteiger partial charge in [-0.3, -0.25) is 14.2 Å². The Morgan fingerprint density at radius 3 is 2.72 bits per heavy atom. The molecule has 0 radical (unpaired) electrons. The fourth-order valence-electron chi connectivity index (χ4n) is 3.09. The van der Waals surface area contributed by atoms with E-state index in [1.807, 2.05) is 41.8 Å². The number of thiazole rings is 1. The molecule has 2 aromatic heterocycles. The summed E-state index contributed by atoms with van der Waals surface area (Å²) in [5, 5.41) is 6.38. The molecule has 0 saturated heterocycles. The molecule has 0 aliphatic carbocycles. The van der Waals surface area contributed by atoms with E-state index in [0.717, 1.165) is 16.3 Å². The van der Waals surface area contributed by atoms with Crippen LogP contribution in [0.2, 0.25) is 0 Å². The summed E-state index contributed by atoms with van der Waals surface area (Å²) in [6, 6.07) is 16.5. The molecule has 1 N–H and O–H groups in total. The summed E-state index contributed by atoms with van der Waals surface area (Å²) in [5.74, 6) is -0.218. The standard InChI is InChI=1S/C22H20N4O2S/c1-15(26-14-24-18-10-6-5-9-17(18)22(26)28)21(27)23-12-11-20-25-19(13-29-20)16-7-3-2-4-8-16/h2-10,13-15H,11-12H2,1H3,(H,23,27)/t15-/m1/s1. The van der Waals surface area contributed by atoms with Gasteiger partial charge in [-0.05, 0) is 19.1 Å². The first-order valence-corrected chi connectivity index (χ1v) is 10.2. The zero-order valence-electron chi connectivity index (χ0n) is 15.9. The number of para-hydroxylation sites is 1. The summed E-state index contributed by atoms with van der Waals surface area (Å²) in [4.78, 5) is 34.1. The third kappa shape index (κ3) is 4.09. The van der Waals surface area contributed by atoms with Gasteiger partial charge in [0.1, 0.15) is 6.04 Å². The monoisotopic (exact) mass is 404 g/mol. The number of benzene rings is 2. The molecule has 7 heteroatoms. The van der Waals surface area contributed by atoms with Gasteiger partial charge in [0, 0.05) is 23.9 Å². The number of fused-ring (bicyclic) bond motifs is 1. The van der Waals surface area contributed by atoms with E-state index >= 15 is 0 Å². The van der Waals surface area contributed by atoms with Crippen LogP contribution >= 0.6 is 11.3 Å². The normalized spacial score (nSPS) is 12.0. The molecule has 0 unspecified atom stereocenters. The molecule has 2 heterocycles. The lowest BCUT2D eigenvalue weighted by molar-refractivity contribution is -0.123. The van der Waals surface area contributed by atoms with Crippen LogP contribution in [0.4, 0.5) is 0 Å². The Morgan fingerprint density at radius 1 is 1.14 bits per heavy atom. The lowest BCUT2D eigenvalue weighted by Crippen LogP contribution is -2.36.